The van der Waals surface area contributed by atoms with Gasteiger partial charge in [-0.3, -0.25) is 5.32 Å². The van der Waals surface area contributed by atoms with E-state index in [1.165, 1.54) is 24.2 Å². The second-order valence-corrected chi connectivity index (χ2v) is 5.76. The first kappa shape index (κ1) is 13.8. The molecule has 2 aromatic heterocycles. The Morgan fingerprint density at radius 3 is 2.95 bits per heavy atom. The van der Waals surface area contributed by atoms with Gasteiger partial charge in [-0.1, -0.05) is 0 Å². The number of urea groups is 1. The van der Waals surface area contributed by atoms with Gasteiger partial charge in [0.25, 0.3) is 0 Å². The van der Waals surface area contributed by atoms with E-state index in [4.69, 9.17) is 0 Å². The largest absolute Gasteiger partial charge is 0.357 e. The minimum absolute atomic E-state index is 0.243. The standard InChI is InChI=1S/C14H17N5OS/c20-14(18-13-4-3-9-21-13)16-10-11-15-6-5-12(17-11)19-7-1-2-8-19/h3-6,9H,1-2,7-8,10H2,(H2,16,18,20). The SMILES string of the molecule is O=C(NCc1nccc(N2CCCC2)n1)Nc1cccs1. The lowest BCUT2D eigenvalue weighted by Gasteiger charge is -2.16. The van der Waals surface area contributed by atoms with Crippen molar-refractivity contribution in [2.75, 3.05) is 23.3 Å². The molecule has 0 unspecified atom stereocenters. The van der Waals surface area contributed by atoms with E-state index in [-0.39, 0.29) is 6.03 Å². The van der Waals surface area contributed by atoms with E-state index in [1.807, 2.05) is 23.6 Å². The Labute approximate surface area is 127 Å². The molecule has 2 amide bonds. The Morgan fingerprint density at radius 2 is 2.19 bits per heavy atom. The summed E-state index contributed by atoms with van der Waals surface area (Å²) in [4.78, 5) is 22.7. The molecule has 1 fully saturated rings. The average molecular weight is 303 g/mol. The van der Waals surface area contributed by atoms with Gasteiger partial charge in [0.05, 0.1) is 11.5 Å². The molecule has 1 aliphatic heterocycles. The molecule has 3 rings (SSSR count). The fraction of sp³-hybridized carbons (Fsp3) is 0.357. The smallest absolute Gasteiger partial charge is 0.320 e. The zero-order valence-corrected chi connectivity index (χ0v) is 12.4. The van der Waals surface area contributed by atoms with E-state index < -0.39 is 0 Å². The number of nitrogens with zero attached hydrogens (tertiary/aromatic N) is 3. The van der Waals surface area contributed by atoms with Crippen molar-refractivity contribution in [3.63, 3.8) is 0 Å². The van der Waals surface area contributed by atoms with Gasteiger partial charge in [0.1, 0.15) is 11.6 Å². The number of thiophene rings is 1. The molecule has 0 radical (unpaired) electrons. The Morgan fingerprint density at radius 1 is 1.33 bits per heavy atom. The minimum atomic E-state index is -0.243. The summed E-state index contributed by atoms with van der Waals surface area (Å²) in [6.07, 6.45) is 4.16. The van der Waals surface area contributed by atoms with E-state index in [0.717, 1.165) is 23.9 Å². The van der Waals surface area contributed by atoms with Crippen LogP contribution in [0.4, 0.5) is 15.6 Å². The van der Waals surface area contributed by atoms with Crippen molar-refractivity contribution in [2.45, 2.75) is 19.4 Å². The van der Waals surface area contributed by atoms with Crippen molar-refractivity contribution in [3.05, 3.63) is 35.6 Å². The molecule has 7 heteroatoms. The maximum Gasteiger partial charge on any atom is 0.320 e. The van der Waals surface area contributed by atoms with Crippen molar-refractivity contribution < 1.29 is 4.79 Å². The van der Waals surface area contributed by atoms with Crippen molar-refractivity contribution in [2.24, 2.45) is 0 Å². The number of aromatic nitrogens is 2. The lowest BCUT2D eigenvalue weighted by molar-refractivity contribution is 0.251. The van der Waals surface area contributed by atoms with Crippen molar-refractivity contribution in [1.29, 1.82) is 0 Å². The fourth-order valence-electron chi connectivity index (χ4n) is 2.26. The Balaban J connectivity index is 1.55. The van der Waals surface area contributed by atoms with Crippen LogP contribution in [-0.4, -0.2) is 29.1 Å². The Bertz CT molecular complexity index is 595. The second-order valence-electron chi connectivity index (χ2n) is 4.81. The van der Waals surface area contributed by atoms with Gasteiger partial charge in [-0.05, 0) is 36.4 Å². The van der Waals surface area contributed by atoms with Crippen molar-refractivity contribution in [3.8, 4) is 0 Å². The molecule has 2 N–H and O–H groups in total. The number of amides is 2. The quantitative estimate of drug-likeness (QED) is 0.910. The number of carbonyl (C=O) groups is 1. The van der Waals surface area contributed by atoms with Gasteiger partial charge < -0.3 is 10.2 Å². The molecule has 0 atom stereocenters. The molecule has 0 aliphatic carbocycles. The fourth-order valence-corrected chi connectivity index (χ4v) is 2.87. The highest BCUT2D eigenvalue weighted by atomic mass is 32.1. The summed E-state index contributed by atoms with van der Waals surface area (Å²) in [5.41, 5.74) is 0. The second kappa shape index (κ2) is 6.53. The first-order valence-electron chi connectivity index (χ1n) is 6.96. The van der Waals surface area contributed by atoms with Crippen LogP contribution in [0.2, 0.25) is 0 Å². The molecule has 110 valence electrons. The molecule has 1 saturated heterocycles. The first-order valence-corrected chi connectivity index (χ1v) is 7.84. The van der Waals surface area contributed by atoms with Crippen LogP contribution in [0, 0.1) is 0 Å². The lowest BCUT2D eigenvalue weighted by Crippen LogP contribution is -2.29. The van der Waals surface area contributed by atoms with Gasteiger partial charge in [0, 0.05) is 19.3 Å². The van der Waals surface area contributed by atoms with Crippen LogP contribution in [0.1, 0.15) is 18.7 Å². The highest BCUT2D eigenvalue weighted by Crippen LogP contribution is 2.17. The molecule has 0 spiro atoms. The third-order valence-electron chi connectivity index (χ3n) is 3.29. The highest BCUT2D eigenvalue weighted by Gasteiger charge is 2.14. The molecular weight excluding hydrogens is 286 g/mol. The summed E-state index contributed by atoms with van der Waals surface area (Å²) in [5.74, 6) is 1.57. The van der Waals surface area contributed by atoms with Crippen LogP contribution in [0.3, 0.4) is 0 Å². The topological polar surface area (TPSA) is 70.2 Å². The maximum absolute atomic E-state index is 11.7. The van der Waals surface area contributed by atoms with Crippen molar-refractivity contribution in [1.82, 2.24) is 15.3 Å². The first-order chi connectivity index (χ1) is 10.3. The highest BCUT2D eigenvalue weighted by molar-refractivity contribution is 7.14. The minimum Gasteiger partial charge on any atom is -0.357 e. The van der Waals surface area contributed by atoms with Gasteiger partial charge in [0.15, 0.2) is 0 Å². The Kier molecular flexibility index (Phi) is 4.30. The van der Waals surface area contributed by atoms with E-state index in [1.54, 1.807) is 6.20 Å². The number of nitrogens with one attached hydrogen (secondary N) is 2. The van der Waals surface area contributed by atoms with E-state index in [2.05, 4.69) is 25.5 Å². The predicted octanol–water partition coefficient (Wildman–Crippen LogP) is 2.46. The van der Waals surface area contributed by atoms with Gasteiger partial charge in [-0.25, -0.2) is 14.8 Å². The third-order valence-corrected chi connectivity index (χ3v) is 4.07. The zero-order chi connectivity index (χ0) is 14.5. The summed E-state index contributed by atoms with van der Waals surface area (Å²) >= 11 is 1.48. The van der Waals surface area contributed by atoms with Crippen LogP contribution >= 0.6 is 11.3 Å². The number of hydrogen-bond donors (Lipinski definition) is 2. The molecule has 0 aromatic carbocycles. The number of hydrogen-bond acceptors (Lipinski definition) is 5. The molecule has 6 nitrogen and oxygen atoms in total. The van der Waals surface area contributed by atoms with Gasteiger partial charge in [-0.2, -0.15) is 0 Å². The average Bonchev–Trinajstić information content (AvgIpc) is 3.19. The van der Waals surface area contributed by atoms with Gasteiger partial charge >= 0.3 is 6.03 Å². The van der Waals surface area contributed by atoms with Crippen molar-refractivity contribution >= 4 is 28.2 Å². The molecule has 2 aromatic rings. The molecule has 0 bridgehead atoms. The summed E-state index contributed by atoms with van der Waals surface area (Å²) in [6.45, 7) is 2.41. The van der Waals surface area contributed by atoms with Crippen LogP contribution in [-0.2, 0) is 6.54 Å². The Hall–Kier alpha value is -2.15. The number of anilines is 2. The number of rotatable bonds is 4. The lowest BCUT2D eigenvalue weighted by atomic mass is 10.4. The summed E-state index contributed by atoms with van der Waals surface area (Å²) in [6, 6.07) is 5.42. The summed E-state index contributed by atoms with van der Waals surface area (Å²) in [7, 11) is 0. The van der Waals surface area contributed by atoms with Crippen LogP contribution < -0.4 is 15.5 Å². The summed E-state index contributed by atoms with van der Waals surface area (Å²) in [5, 5.41) is 8.27. The van der Waals surface area contributed by atoms with E-state index >= 15 is 0 Å². The molecule has 21 heavy (non-hydrogen) atoms. The number of carbonyl (C=O) groups excluding carboxylic acids is 1. The third kappa shape index (κ3) is 3.69. The van der Waals surface area contributed by atoms with E-state index in [0.29, 0.717) is 12.4 Å². The van der Waals surface area contributed by atoms with Gasteiger partial charge in [-0.15, -0.1) is 11.3 Å². The monoisotopic (exact) mass is 303 g/mol. The van der Waals surface area contributed by atoms with E-state index in [9.17, 15) is 4.79 Å². The molecule has 3 heterocycles. The zero-order valence-electron chi connectivity index (χ0n) is 11.6. The predicted molar refractivity (Wildman–Crippen MR) is 83.7 cm³/mol. The van der Waals surface area contributed by atoms with Gasteiger partial charge in [0.2, 0.25) is 0 Å². The van der Waals surface area contributed by atoms with Crippen LogP contribution in [0.25, 0.3) is 0 Å². The normalized spacial score (nSPS) is 14.2. The summed E-state index contributed by atoms with van der Waals surface area (Å²) < 4.78 is 0. The molecule has 1 aliphatic rings. The molecule has 0 saturated carbocycles. The van der Waals surface area contributed by atoms with Crippen LogP contribution in [0.15, 0.2) is 29.8 Å². The van der Waals surface area contributed by atoms with Crippen LogP contribution in [0.5, 0.6) is 0 Å². The maximum atomic E-state index is 11.7. The molecular formula is C14H17N5OS.